The molecule has 0 aliphatic heterocycles. The highest BCUT2D eigenvalue weighted by molar-refractivity contribution is 5.97. The van der Waals surface area contributed by atoms with Crippen molar-refractivity contribution in [3.63, 3.8) is 0 Å². The number of guanidine groups is 2. The molecule has 3 rings (SSSR count). The lowest BCUT2D eigenvalue weighted by atomic mass is 10.1. The summed E-state index contributed by atoms with van der Waals surface area (Å²) >= 11 is 0. The van der Waals surface area contributed by atoms with Crippen molar-refractivity contribution in [1.29, 1.82) is 0 Å². The Morgan fingerprint density at radius 1 is 0.702 bits per heavy atom. The molecular formula is C31H44N10O6. The van der Waals surface area contributed by atoms with E-state index in [1.807, 2.05) is 42.5 Å². The zero-order valence-corrected chi connectivity index (χ0v) is 25.9. The van der Waals surface area contributed by atoms with E-state index < -0.39 is 24.0 Å². The Hall–Kier alpha value is -5.74. The van der Waals surface area contributed by atoms with Crippen LogP contribution in [0, 0.1) is 0 Å². The molecule has 0 radical (unpaired) electrons. The number of aliphatic carboxylic acids is 2. The van der Waals surface area contributed by atoms with Crippen LogP contribution in [0.25, 0.3) is 10.8 Å². The number of carboxylic acid groups (broad SMARTS) is 2. The van der Waals surface area contributed by atoms with Gasteiger partial charge in [0.2, 0.25) is 5.91 Å². The van der Waals surface area contributed by atoms with Crippen molar-refractivity contribution >= 4 is 52.1 Å². The van der Waals surface area contributed by atoms with Crippen molar-refractivity contribution in [3.05, 3.63) is 78.4 Å². The minimum Gasteiger partial charge on any atom is -0.480 e. The Labute approximate surface area is 272 Å². The second kappa shape index (κ2) is 21.9. The Morgan fingerprint density at radius 3 is 1.77 bits per heavy atom. The lowest BCUT2D eigenvalue weighted by molar-refractivity contribution is -0.139. The molecule has 3 aromatic carbocycles. The quantitative estimate of drug-likeness (QED) is 0.0630. The maximum Gasteiger partial charge on any atom is 0.322 e. The predicted molar refractivity (Wildman–Crippen MR) is 182 cm³/mol. The fourth-order valence-corrected chi connectivity index (χ4v) is 3.64. The molecule has 0 aliphatic rings. The Bertz CT molecular complexity index is 1490. The van der Waals surface area contributed by atoms with Gasteiger partial charge in [-0.3, -0.25) is 29.2 Å². The molecule has 0 fully saturated rings. The van der Waals surface area contributed by atoms with E-state index >= 15 is 0 Å². The maximum absolute atomic E-state index is 12.1. The first-order valence-corrected chi connectivity index (χ1v) is 14.5. The summed E-state index contributed by atoms with van der Waals surface area (Å²) in [6.07, 6.45) is 2.14. The number of carbonyl (C=O) groups is 4. The Balaban J connectivity index is 0.000000380. The fourth-order valence-electron chi connectivity index (χ4n) is 3.64. The predicted octanol–water partition coefficient (Wildman–Crippen LogP) is 0.112. The third kappa shape index (κ3) is 18.0. The molecule has 16 nitrogen and oxygen atoms in total. The summed E-state index contributed by atoms with van der Waals surface area (Å²) in [4.78, 5) is 51.1. The molecule has 0 bridgehead atoms. The van der Waals surface area contributed by atoms with Crippen LogP contribution in [0.1, 0.15) is 36.0 Å². The first-order chi connectivity index (χ1) is 22.3. The smallest absolute Gasteiger partial charge is 0.322 e. The molecule has 16 N–H and O–H groups in total. The van der Waals surface area contributed by atoms with E-state index in [-0.39, 0.29) is 30.3 Å². The fraction of sp³-hybridized carbons (Fsp3) is 0.290. The lowest BCUT2D eigenvalue weighted by Crippen LogP contribution is -2.35. The van der Waals surface area contributed by atoms with Gasteiger partial charge in [0, 0.05) is 24.3 Å². The first kappa shape index (κ1) is 39.3. The molecule has 47 heavy (non-hydrogen) atoms. The molecule has 2 amide bonds. The highest BCUT2D eigenvalue weighted by Crippen LogP contribution is 2.19. The van der Waals surface area contributed by atoms with Gasteiger partial charge in [-0.25, -0.2) is 0 Å². The standard InChI is InChI=1S/C16H21N5O.C9H9NO3.C6H14N4O2/c17-14(6-3-9-20-16(18)19)15(22)21-13-8-7-11-4-1-2-5-12(11)10-13;11-8(12)6-10-9(13)7-4-2-1-3-5-7;7-4(5(11)12)2-1-3-10-6(8)9/h1-2,4-5,7-8,10,14H,3,6,9,17H2,(H,21,22)(H4,18,19,20);1-5H,6H2,(H,10,13)(H,11,12);4H,1-3,7H2,(H,11,12)(H4,8,9,10)/t14-;;4-/m0.0/s1. The van der Waals surface area contributed by atoms with Crippen molar-refractivity contribution in [2.75, 3.05) is 25.0 Å². The number of nitrogens with one attached hydrogen (secondary N) is 2. The number of carboxylic acids is 2. The molecule has 2 atom stereocenters. The monoisotopic (exact) mass is 652 g/mol. The third-order valence-corrected chi connectivity index (χ3v) is 6.04. The van der Waals surface area contributed by atoms with Gasteiger partial charge in [-0.05, 0) is 60.7 Å². The summed E-state index contributed by atoms with van der Waals surface area (Å²) in [7, 11) is 0. The Morgan fingerprint density at radius 2 is 1.23 bits per heavy atom. The number of nitrogens with two attached hydrogens (primary N) is 6. The molecule has 0 aliphatic carbocycles. The van der Waals surface area contributed by atoms with E-state index in [1.165, 1.54) is 0 Å². The van der Waals surface area contributed by atoms with Crippen molar-refractivity contribution in [1.82, 2.24) is 5.32 Å². The number of aliphatic imine (C=N–C) groups is 2. The number of amides is 2. The van der Waals surface area contributed by atoms with Crippen LogP contribution in [0.5, 0.6) is 0 Å². The molecule has 0 saturated carbocycles. The van der Waals surface area contributed by atoms with Crippen LogP contribution < -0.4 is 45.0 Å². The molecule has 0 saturated heterocycles. The average Bonchev–Trinajstić information content (AvgIpc) is 3.04. The topological polar surface area (TPSA) is 314 Å². The summed E-state index contributed by atoms with van der Waals surface area (Å²) in [5, 5.41) is 24.0. The van der Waals surface area contributed by atoms with Gasteiger partial charge in [-0.15, -0.1) is 0 Å². The van der Waals surface area contributed by atoms with Crippen LogP contribution in [0.2, 0.25) is 0 Å². The van der Waals surface area contributed by atoms with Crippen LogP contribution in [0.4, 0.5) is 5.69 Å². The highest BCUT2D eigenvalue weighted by Gasteiger charge is 2.13. The van der Waals surface area contributed by atoms with E-state index in [4.69, 9.17) is 44.6 Å². The van der Waals surface area contributed by atoms with Crippen LogP contribution in [0.15, 0.2) is 82.8 Å². The lowest BCUT2D eigenvalue weighted by Gasteiger charge is -2.12. The summed E-state index contributed by atoms with van der Waals surface area (Å²) in [6, 6.07) is 20.8. The highest BCUT2D eigenvalue weighted by atomic mass is 16.4. The van der Waals surface area contributed by atoms with Crippen LogP contribution >= 0.6 is 0 Å². The number of fused-ring (bicyclic) bond motifs is 1. The molecule has 0 unspecified atom stereocenters. The molecule has 0 heterocycles. The van der Waals surface area contributed by atoms with Gasteiger partial charge in [0.05, 0.1) is 6.04 Å². The van der Waals surface area contributed by atoms with Crippen molar-refractivity contribution in [2.45, 2.75) is 37.8 Å². The summed E-state index contributed by atoms with van der Waals surface area (Å²) in [6.45, 7) is 0.538. The van der Waals surface area contributed by atoms with E-state index in [2.05, 4.69) is 20.6 Å². The number of hydrogen-bond donors (Lipinski definition) is 10. The van der Waals surface area contributed by atoms with Crippen LogP contribution in [0.3, 0.4) is 0 Å². The summed E-state index contributed by atoms with van der Waals surface area (Å²) < 4.78 is 0. The van der Waals surface area contributed by atoms with Gasteiger partial charge < -0.3 is 55.2 Å². The number of benzene rings is 3. The van der Waals surface area contributed by atoms with E-state index in [1.54, 1.807) is 30.3 Å². The molecule has 0 spiro atoms. The van der Waals surface area contributed by atoms with E-state index in [0.717, 1.165) is 16.5 Å². The normalized spacial score (nSPS) is 11.2. The van der Waals surface area contributed by atoms with Crippen LogP contribution in [-0.2, 0) is 14.4 Å². The second-order valence-electron chi connectivity index (χ2n) is 9.94. The molecule has 3 aromatic rings. The van der Waals surface area contributed by atoms with Gasteiger partial charge in [0.25, 0.3) is 5.91 Å². The van der Waals surface area contributed by atoms with Crippen molar-refractivity contribution < 1.29 is 29.4 Å². The van der Waals surface area contributed by atoms with Gasteiger partial charge >= 0.3 is 11.9 Å². The number of anilines is 1. The molecule has 254 valence electrons. The van der Waals surface area contributed by atoms with Gasteiger partial charge in [-0.1, -0.05) is 48.5 Å². The number of nitrogens with zero attached hydrogens (tertiary/aromatic N) is 2. The summed E-state index contributed by atoms with van der Waals surface area (Å²) in [5.41, 5.74) is 32.9. The SMILES string of the molecule is NC(N)=NCCC[C@H](N)C(=O)Nc1ccc2ccccc2c1.NC(N)=NCCC[C@H](N)C(=O)O.O=C(O)CNC(=O)c1ccccc1. The van der Waals surface area contributed by atoms with Crippen LogP contribution in [-0.4, -0.2) is 77.6 Å². The molecule has 16 heteroatoms. The summed E-state index contributed by atoms with van der Waals surface area (Å²) in [5.74, 6) is -2.57. The minimum atomic E-state index is -1.05. The largest absolute Gasteiger partial charge is 0.480 e. The first-order valence-electron chi connectivity index (χ1n) is 14.5. The number of rotatable bonds is 14. The second-order valence-corrected chi connectivity index (χ2v) is 9.94. The number of carbonyl (C=O) groups excluding carboxylic acids is 2. The van der Waals surface area contributed by atoms with Crippen molar-refractivity contribution in [2.24, 2.45) is 44.4 Å². The zero-order chi connectivity index (χ0) is 35.2. The average molecular weight is 653 g/mol. The van der Waals surface area contributed by atoms with Gasteiger partial charge in [0.1, 0.15) is 12.6 Å². The van der Waals surface area contributed by atoms with E-state index in [9.17, 15) is 19.2 Å². The molecule has 0 aromatic heterocycles. The van der Waals surface area contributed by atoms with Crippen molar-refractivity contribution in [3.8, 4) is 0 Å². The van der Waals surface area contributed by atoms with Gasteiger partial charge in [-0.2, -0.15) is 0 Å². The minimum absolute atomic E-state index is 0.0129. The zero-order valence-electron chi connectivity index (χ0n) is 25.9. The van der Waals surface area contributed by atoms with E-state index in [0.29, 0.717) is 44.3 Å². The maximum atomic E-state index is 12.1. The third-order valence-electron chi connectivity index (χ3n) is 6.04. The Kier molecular flexibility index (Phi) is 18.3. The molecular weight excluding hydrogens is 608 g/mol. The number of hydrogen-bond acceptors (Lipinski definition) is 8. The van der Waals surface area contributed by atoms with Gasteiger partial charge in [0.15, 0.2) is 11.9 Å².